The van der Waals surface area contributed by atoms with E-state index < -0.39 is 6.04 Å². The second-order valence-corrected chi connectivity index (χ2v) is 5.07. The monoisotopic (exact) mass is 316 g/mol. The van der Waals surface area contributed by atoms with Gasteiger partial charge in [-0.1, -0.05) is 18.3 Å². The molecule has 0 saturated carbocycles. The number of anilines is 1. The first kappa shape index (κ1) is 16.5. The van der Waals surface area contributed by atoms with E-state index >= 15 is 0 Å². The Labute approximate surface area is 127 Å². The zero-order valence-electron chi connectivity index (χ0n) is 11.5. The highest BCUT2D eigenvalue weighted by Crippen LogP contribution is 2.18. The average Bonchev–Trinajstić information content (AvgIpc) is 3.00. The molecule has 1 amide bonds. The number of halogens is 1. The largest absolute Gasteiger partial charge is 0.305 e. The molecule has 2 rings (SSSR count). The second kappa shape index (κ2) is 7.32. The molecule has 110 valence electrons. The Morgan fingerprint density at radius 2 is 2.25 bits per heavy atom. The third-order valence-corrected chi connectivity index (χ3v) is 3.59. The van der Waals surface area contributed by atoms with Crippen LogP contribution in [-0.4, -0.2) is 32.9 Å². The maximum absolute atomic E-state index is 12.2. The van der Waals surface area contributed by atoms with Gasteiger partial charge in [0.25, 0.3) is 0 Å². The SMILES string of the molecule is CCc1nnc(NC(=O)C(NC)c2cnn(C)c2)s1.Cl. The number of amides is 1. The van der Waals surface area contributed by atoms with E-state index in [4.69, 9.17) is 0 Å². The van der Waals surface area contributed by atoms with Gasteiger partial charge in [0.2, 0.25) is 11.0 Å². The van der Waals surface area contributed by atoms with Gasteiger partial charge >= 0.3 is 0 Å². The molecule has 7 nitrogen and oxygen atoms in total. The van der Waals surface area contributed by atoms with Crippen molar-refractivity contribution in [3.05, 3.63) is 23.0 Å². The van der Waals surface area contributed by atoms with Crippen LogP contribution in [0.1, 0.15) is 23.5 Å². The summed E-state index contributed by atoms with van der Waals surface area (Å²) in [6.07, 6.45) is 4.28. The van der Waals surface area contributed by atoms with E-state index in [9.17, 15) is 4.79 Å². The fraction of sp³-hybridized carbons (Fsp3) is 0.455. The minimum atomic E-state index is -0.456. The molecule has 2 N–H and O–H groups in total. The molecular weight excluding hydrogens is 300 g/mol. The lowest BCUT2D eigenvalue weighted by Gasteiger charge is -2.12. The number of nitrogens with zero attached hydrogens (tertiary/aromatic N) is 4. The summed E-state index contributed by atoms with van der Waals surface area (Å²) < 4.78 is 1.66. The zero-order valence-corrected chi connectivity index (χ0v) is 13.1. The number of aromatic nitrogens is 4. The minimum Gasteiger partial charge on any atom is -0.305 e. The van der Waals surface area contributed by atoms with Crippen LogP contribution >= 0.6 is 23.7 Å². The summed E-state index contributed by atoms with van der Waals surface area (Å²) in [4.78, 5) is 12.2. The summed E-state index contributed by atoms with van der Waals surface area (Å²) >= 11 is 1.39. The molecule has 9 heteroatoms. The van der Waals surface area contributed by atoms with Crippen LogP contribution in [0.15, 0.2) is 12.4 Å². The summed E-state index contributed by atoms with van der Waals surface area (Å²) in [5.41, 5.74) is 0.808. The quantitative estimate of drug-likeness (QED) is 0.864. The van der Waals surface area contributed by atoms with Crippen LogP contribution in [0.4, 0.5) is 5.13 Å². The van der Waals surface area contributed by atoms with Crippen LogP contribution in [-0.2, 0) is 18.3 Å². The number of likely N-dealkylation sites (N-methyl/N-ethyl adjacent to an activating group) is 1. The Bertz CT molecular complexity index is 569. The fourth-order valence-electron chi connectivity index (χ4n) is 1.66. The molecule has 2 heterocycles. The van der Waals surface area contributed by atoms with Crippen molar-refractivity contribution in [1.82, 2.24) is 25.3 Å². The molecule has 0 bridgehead atoms. The van der Waals surface area contributed by atoms with Crippen molar-refractivity contribution in [2.45, 2.75) is 19.4 Å². The van der Waals surface area contributed by atoms with Crippen molar-refractivity contribution in [1.29, 1.82) is 0 Å². The van der Waals surface area contributed by atoms with Crippen LogP contribution in [0.5, 0.6) is 0 Å². The van der Waals surface area contributed by atoms with E-state index in [2.05, 4.69) is 25.9 Å². The molecule has 0 radical (unpaired) electrons. The molecule has 1 unspecified atom stereocenters. The normalized spacial score (nSPS) is 11.8. The lowest BCUT2D eigenvalue weighted by atomic mass is 10.1. The Hall–Kier alpha value is -1.51. The highest BCUT2D eigenvalue weighted by Gasteiger charge is 2.21. The first-order valence-electron chi connectivity index (χ1n) is 5.93. The van der Waals surface area contributed by atoms with Gasteiger partial charge in [-0.15, -0.1) is 22.6 Å². The van der Waals surface area contributed by atoms with E-state index in [1.54, 1.807) is 24.1 Å². The number of hydrogen-bond donors (Lipinski definition) is 2. The molecule has 20 heavy (non-hydrogen) atoms. The fourth-order valence-corrected chi connectivity index (χ4v) is 2.35. The van der Waals surface area contributed by atoms with Crippen LogP contribution in [0.2, 0.25) is 0 Å². The predicted molar refractivity (Wildman–Crippen MR) is 80.2 cm³/mol. The van der Waals surface area contributed by atoms with Crippen molar-refractivity contribution in [2.75, 3.05) is 12.4 Å². The number of carbonyl (C=O) groups is 1. The van der Waals surface area contributed by atoms with Crippen molar-refractivity contribution < 1.29 is 4.79 Å². The standard InChI is InChI=1S/C11H16N6OS.ClH/c1-4-8-15-16-11(19-8)14-10(18)9(12-2)7-5-13-17(3)6-7;/h5-6,9,12H,4H2,1-3H3,(H,14,16,18);1H. The average molecular weight is 317 g/mol. The number of carbonyl (C=O) groups excluding carboxylic acids is 1. The molecule has 2 aromatic rings. The summed E-state index contributed by atoms with van der Waals surface area (Å²) in [5, 5.41) is 19.1. The lowest BCUT2D eigenvalue weighted by Crippen LogP contribution is -2.30. The first-order valence-corrected chi connectivity index (χ1v) is 6.74. The summed E-state index contributed by atoms with van der Waals surface area (Å²) in [5.74, 6) is -0.172. The third-order valence-electron chi connectivity index (χ3n) is 2.61. The van der Waals surface area contributed by atoms with E-state index in [0.29, 0.717) is 5.13 Å². The van der Waals surface area contributed by atoms with Gasteiger partial charge in [-0.2, -0.15) is 5.10 Å². The minimum absolute atomic E-state index is 0. The zero-order chi connectivity index (χ0) is 13.8. The van der Waals surface area contributed by atoms with Gasteiger partial charge in [-0.05, 0) is 13.5 Å². The summed E-state index contributed by atoms with van der Waals surface area (Å²) in [6.45, 7) is 2.00. The number of rotatable bonds is 5. The first-order chi connectivity index (χ1) is 9.13. The van der Waals surface area contributed by atoms with Crippen LogP contribution < -0.4 is 10.6 Å². The molecular formula is C11H17ClN6OS. The Morgan fingerprint density at radius 3 is 2.75 bits per heavy atom. The van der Waals surface area contributed by atoms with Crippen LogP contribution in [0.3, 0.4) is 0 Å². The van der Waals surface area contributed by atoms with Gasteiger partial charge in [0, 0.05) is 18.8 Å². The van der Waals surface area contributed by atoms with E-state index in [1.807, 2.05) is 14.0 Å². The van der Waals surface area contributed by atoms with Gasteiger partial charge in [0.1, 0.15) is 11.0 Å². The predicted octanol–water partition coefficient (Wildman–Crippen LogP) is 1.15. The number of hydrogen-bond acceptors (Lipinski definition) is 6. The van der Waals surface area contributed by atoms with E-state index in [0.717, 1.165) is 17.0 Å². The molecule has 1 atom stereocenters. The van der Waals surface area contributed by atoms with E-state index in [-0.39, 0.29) is 18.3 Å². The van der Waals surface area contributed by atoms with Gasteiger partial charge in [0.05, 0.1) is 6.20 Å². The summed E-state index contributed by atoms with van der Waals surface area (Å²) in [7, 11) is 3.54. The lowest BCUT2D eigenvalue weighted by molar-refractivity contribution is -0.118. The third kappa shape index (κ3) is 3.75. The highest BCUT2D eigenvalue weighted by molar-refractivity contribution is 7.15. The van der Waals surface area contributed by atoms with Crippen molar-refractivity contribution in [2.24, 2.45) is 7.05 Å². The van der Waals surface area contributed by atoms with Gasteiger partial charge in [-0.3, -0.25) is 14.8 Å². The Morgan fingerprint density at radius 1 is 1.50 bits per heavy atom. The maximum Gasteiger partial charge on any atom is 0.248 e. The van der Waals surface area contributed by atoms with Crippen molar-refractivity contribution in [3.63, 3.8) is 0 Å². The number of nitrogens with one attached hydrogen (secondary N) is 2. The Kier molecular flexibility index (Phi) is 6.05. The van der Waals surface area contributed by atoms with Gasteiger partial charge in [-0.25, -0.2) is 0 Å². The molecule has 0 spiro atoms. The maximum atomic E-state index is 12.2. The molecule has 2 aromatic heterocycles. The highest BCUT2D eigenvalue weighted by atomic mass is 35.5. The molecule has 0 aliphatic rings. The van der Waals surface area contributed by atoms with Gasteiger partial charge in [0.15, 0.2) is 0 Å². The molecule has 0 aromatic carbocycles. The van der Waals surface area contributed by atoms with Crippen molar-refractivity contribution >= 4 is 34.8 Å². The van der Waals surface area contributed by atoms with Crippen LogP contribution in [0.25, 0.3) is 0 Å². The summed E-state index contributed by atoms with van der Waals surface area (Å²) in [6, 6.07) is -0.456. The smallest absolute Gasteiger partial charge is 0.248 e. The van der Waals surface area contributed by atoms with Crippen LogP contribution in [0, 0.1) is 0 Å². The molecule has 0 aliphatic carbocycles. The number of aryl methyl sites for hydroxylation is 2. The molecule has 0 saturated heterocycles. The topological polar surface area (TPSA) is 84.7 Å². The molecule has 0 aliphatic heterocycles. The van der Waals surface area contributed by atoms with Crippen molar-refractivity contribution in [3.8, 4) is 0 Å². The Balaban J connectivity index is 0.00000200. The second-order valence-electron chi connectivity index (χ2n) is 4.01. The van der Waals surface area contributed by atoms with Gasteiger partial charge < -0.3 is 5.32 Å². The van der Waals surface area contributed by atoms with E-state index in [1.165, 1.54) is 11.3 Å². The molecule has 0 fully saturated rings.